The summed E-state index contributed by atoms with van der Waals surface area (Å²) >= 11 is 0. The van der Waals surface area contributed by atoms with Crippen LogP contribution in [0.5, 0.6) is 28.7 Å². The Bertz CT molecular complexity index is 1250. The van der Waals surface area contributed by atoms with E-state index in [-0.39, 0.29) is 12.1 Å². The van der Waals surface area contributed by atoms with E-state index in [4.69, 9.17) is 33.2 Å². The van der Waals surface area contributed by atoms with Crippen molar-refractivity contribution < 1.29 is 42.7 Å². The lowest BCUT2D eigenvalue weighted by molar-refractivity contribution is 0.0221. The van der Waals surface area contributed by atoms with Gasteiger partial charge in [0.2, 0.25) is 5.75 Å². The molecule has 0 N–H and O–H groups in total. The largest absolute Gasteiger partial charge is 0.493 e. The van der Waals surface area contributed by atoms with E-state index in [1.807, 2.05) is 0 Å². The zero-order valence-electron chi connectivity index (χ0n) is 25.1. The van der Waals surface area contributed by atoms with Gasteiger partial charge in [-0.1, -0.05) is 0 Å². The molecule has 1 saturated heterocycles. The molecule has 0 aromatic heterocycles. The van der Waals surface area contributed by atoms with Gasteiger partial charge in [-0.2, -0.15) is 0 Å². The molecule has 11 nitrogen and oxygen atoms in total. The van der Waals surface area contributed by atoms with Crippen LogP contribution >= 0.6 is 0 Å². The van der Waals surface area contributed by atoms with Crippen molar-refractivity contribution in [3.05, 3.63) is 41.5 Å². The molecule has 3 aliphatic heterocycles. The fourth-order valence-electron chi connectivity index (χ4n) is 5.63. The van der Waals surface area contributed by atoms with Gasteiger partial charge in [-0.3, -0.25) is 0 Å². The average molecular weight is 599 g/mol. The van der Waals surface area contributed by atoms with Gasteiger partial charge in [0.15, 0.2) is 23.0 Å². The number of esters is 2. The first-order chi connectivity index (χ1) is 21.0. The van der Waals surface area contributed by atoms with Crippen LogP contribution in [0.15, 0.2) is 30.3 Å². The van der Waals surface area contributed by atoms with Crippen molar-refractivity contribution in [2.24, 2.45) is 0 Å². The monoisotopic (exact) mass is 598 g/mol. The van der Waals surface area contributed by atoms with Crippen LogP contribution in [0.25, 0.3) is 0 Å². The zero-order chi connectivity index (χ0) is 30.0. The molecule has 3 unspecified atom stereocenters. The minimum absolute atomic E-state index is 0.302. The Morgan fingerprint density at radius 3 is 2.23 bits per heavy atom. The van der Waals surface area contributed by atoms with Crippen LogP contribution in [-0.2, 0) is 9.47 Å². The number of hydrogen-bond donors (Lipinski definition) is 0. The number of carbonyl (C=O) groups excluding carboxylic acids is 2. The molecule has 0 spiro atoms. The summed E-state index contributed by atoms with van der Waals surface area (Å²) in [7, 11) is 3.04. The van der Waals surface area contributed by atoms with Crippen LogP contribution in [0.4, 0.5) is 0 Å². The third-order valence-corrected chi connectivity index (χ3v) is 7.96. The van der Waals surface area contributed by atoms with Crippen LogP contribution < -0.4 is 23.7 Å². The summed E-state index contributed by atoms with van der Waals surface area (Å²) in [4.78, 5) is 31.0. The first kappa shape index (κ1) is 30.7. The summed E-state index contributed by atoms with van der Waals surface area (Å²) in [5.74, 6) is 1.55. The predicted octanol–water partition coefficient (Wildman–Crippen LogP) is 3.82. The highest BCUT2D eigenvalue weighted by atomic mass is 16.6. The molecule has 3 aliphatic rings. The normalized spacial score (nSPS) is 23.3. The lowest BCUT2D eigenvalue weighted by Crippen LogP contribution is -2.34. The molecule has 0 radical (unpaired) electrons. The Morgan fingerprint density at radius 1 is 0.721 bits per heavy atom. The molecule has 4 bridgehead atoms. The Balaban J connectivity index is 1.31. The quantitative estimate of drug-likeness (QED) is 0.480. The van der Waals surface area contributed by atoms with Crippen LogP contribution in [-0.4, -0.2) is 108 Å². The maximum Gasteiger partial charge on any atom is 0.338 e. The first-order valence-electron chi connectivity index (χ1n) is 15.2. The average Bonchev–Trinajstić information content (AvgIpc) is 3.27. The minimum atomic E-state index is -0.433. The van der Waals surface area contributed by atoms with Crippen molar-refractivity contribution in [2.45, 2.75) is 38.2 Å². The van der Waals surface area contributed by atoms with Crippen molar-refractivity contribution in [3.8, 4) is 28.7 Å². The van der Waals surface area contributed by atoms with E-state index >= 15 is 0 Å². The number of ether oxygens (including phenoxy) is 7. The van der Waals surface area contributed by atoms with Crippen molar-refractivity contribution in [2.75, 3.05) is 79.9 Å². The molecule has 2 aromatic rings. The molecular formula is C32H42N2O9. The van der Waals surface area contributed by atoms with Gasteiger partial charge in [0.05, 0.1) is 38.6 Å². The molecule has 234 valence electrons. The highest BCUT2D eigenvalue weighted by Crippen LogP contribution is 2.39. The van der Waals surface area contributed by atoms with Gasteiger partial charge in [0.1, 0.15) is 19.3 Å². The minimum Gasteiger partial charge on any atom is -0.493 e. The lowest BCUT2D eigenvalue weighted by atomic mass is 10.1. The fraction of sp³-hybridized carbons (Fsp3) is 0.562. The molecule has 3 heterocycles. The molecule has 2 aromatic carbocycles. The van der Waals surface area contributed by atoms with Crippen molar-refractivity contribution in [1.82, 2.24) is 9.80 Å². The van der Waals surface area contributed by atoms with Crippen LogP contribution in [0.1, 0.15) is 52.8 Å². The van der Waals surface area contributed by atoms with E-state index in [1.54, 1.807) is 30.3 Å². The van der Waals surface area contributed by atoms with Crippen LogP contribution in [0.2, 0.25) is 0 Å². The molecule has 3 atom stereocenters. The summed E-state index contributed by atoms with van der Waals surface area (Å²) in [5, 5.41) is 0. The van der Waals surface area contributed by atoms with E-state index in [2.05, 4.69) is 9.80 Å². The van der Waals surface area contributed by atoms with E-state index in [1.165, 1.54) is 14.2 Å². The summed E-state index contributed by atoms with van der Waals surface area (Å²) in [5.41, 5.74) is 0.768. The van der Waals surface area contributed by atoms with Gasteiger partial charge in [-0.25, -0.2) is 9.59 Å². The third kappa shape index (κ3) is 8.23. The second kappa shape index (κ2) is 15.2. The molecule has 11 heteroatoms. The fourth-order valence-corrected chi connectivity index (χ4v) is 5.63. The smallest absolute Gasteiger partial charge is 0.338 e. The van der Waals surface area contributed by atoms with Crippen LogP contribution in [0, 0.1) is 0 Å². The predicted molar refractivity (Wildman–Crippen MR) is 158 cm³/mol. The highest BCUT2D eigenvalue weighted by molar-refractivity contribution is 5.91. The second-order valence-electron chi connectivity index (χ2n) is 10.9. The Morgan fingerprint density at radius 2 is 1.44 bits per heavy atom. The Hall–Kier alpha value is -3.70. The standard InChI is InChI=1S/C32H42N2O9/c1-37-28-21-24-22-29(30(28)38-2)39-16-3-6-25(43-32(36)23-7-8-26-27(20-23)41-19-18-40-26)9-13-34-11-4-10-33(14-15-34)12-5-17-42-31(24)35/h7-8,20-22,25H,3-6,9-19H2,1-2H3. The highest BCUT2D eigenvalue weighted by Gasteiger charge is 2.23. The topological polar surface area (TPSA) is 105 Å². The second-order valence-corrected chi connectivity index (χ2v) is 10.9. The van der Waals surface area contributed by atoms with Crippen molar-refractivity contribution in [3.63, 3.8) is 0 Å². The van der Waals surface area contributed by atoms with Gasteiger partial charge in [-0.05, 0) is 75.5 Å². The summed E-state index contributed by atoms with van der Waals surface area (Å²) in [6.45, 7) is 7.17. The number of nitrogens with zero attached hydrogens (tertiary/aromatic N) is 2. The molecule has 1 fully saturated rings. The zero-order valence-corrected chi connectivity index (χ0v) is 25.1. The third-order valence-electron chi connectivity index (χ3n) is 7.96. The SMILES string of the molecule is COc1cc2cc(c1OC)OCCCC(OC(=O)c1ccc3c(c1)OCCO3)CCN1CCCN(CCCOC2=O)CC1. The van der Waals surface area contributed by atoms with Gasteiger partial charge < -0.3 is 43.0 Å². The number of hydrogen-bond acceptors (Lipinski definition) is 11. The van der Waals surface area contributed by atoms with Crippen molar-refractivity contribution >= 4 is 11.9 Å². The number of fused-ring (bicyclic) bond motifs is 6. The summed E-state index contributed by atoms with van der Waals surface area (Å²) < 4.78 is 40.0. The number of carbonyl (C=O) groups is 2. The van der Waals surface area contributed by atoms with Gasteiger partial charge in [0.25, 0.3) is 0 Å². The number of benzene rings is 2. The molecular weight excluding hydrogens is 556 g/mol. The molecule has 5 rings (SSSR count). The van der Waals surface area contributed by atoms with E-state index < -0.39 is 5.97 Å². The molecule has 0 saturated carbocycles. The van der Waals surface area contributed by atoms with E-state index in [9.17, 15) is 9.59 Å². The molecule has 0 amide bonds. The number of cyclic esters (lactones) is 1. The Labute approximate surface area is 252 Å². The van der Waals surface area contributed by atoms with Gasteiger partial charge >= 0.3 is 11.9 Å². The lowest BCUT2D eigenvalue weighted by Gasteiger charge is -2.25. The van der Waals surface area contributed by atoms with Crippen molar-refractivity contribution in [1.29, 1.82) is 0 Å². The number of rotatable bonds is 4. The van der Waals surface area contributed by atoms with Gasteiger partial charge in [-0.15, -0.1) is 0 Å². The maximum absolute atomic E-state index is 13.2. The van der Waals surface area contributed by atoms with E-state index in [0.29, 0.717) is 85.6 Å². The van der Waals surface area contributed by atoms with Gasteiger partial charge in [0, 0.05) is 26.2 Å². The maximum atomic E-state index is 13.2. The van der Waals surface area contributed by atoms with Crippen LogP contribution in [0.3, 0.4) is 0 Å². The Kier molecular flexibility index (Phi) is 10.8. The molecule has 0 aliphatic carbocycles. The first-order valence-corrected chi connectivity index (χ1v) is 15.2. The summed E-state index contributed by atoms with van der Waals surface area (Å²) in [6.07, 6.45) is 3.45. The summed E-state index contributed by atoms with van der Waals surface area (Å²) in [6, 6.07) is 8.38. The number of methoxy groups -OCH3 is 2. The van der Waals surface area contributed by atoms with E-state index in [0.717, 1.165) is 52.1 Å². The molecule has 43 heavy (non-hydrogen) atoms.